The van der Waals surface area contributed by atoms with Gasteiger partial charge in [-0.05, 0) is 30.7 Å². The summed E-state index contributed by atoms with van der Waals surface area (Å²) in [5.74, 6) is 0. The van der Waals surface area contributed by atoms with Crippen LogP contribution in [0.5, 0.6) is 0 Å². The minimum Gasteiger partial charge on any atom is -0.339 e. The molecule has 0 amide bonds. The van der Waals surface area contributed by atoms with Crippen LogP contribution in [0.3, 0.4) is 0 Å². The third kappa shape index (κ3) is 2.16. The number of fused-ring (bicyclic) bond motifs is 1. The molecule has 3 heteroatoms. The molecule has 1 heterocycles. The van der Waals surface area contributed by atoms with Gasteiger partial charge in [0.25, 0.3) is 0 Å². The van der Waals surface area contributed by atoms with Gasteiger partial charge in [0.15, 0.2) is 0 Å². The third-order valence-corrected chi connectivity index (χ3v) is 3.77. The summed E-state index contributed by atoms with van der Waals surface area (Å²) >= 11 is 0. The average molecular weight is 271 g/mol. The number of hydrogen-bond donors (Lipinski definition) is 0. The predicted octanol–water partition coefficient (Wildman–Crippen LogP) is 3.74. The van der Waals surface area contributed by atoms with Gasteiger partial charge in [-0.25, -0.2) is 0 Å². The standard InChI is InChI=1S/C18H13N3/c1-13-17(11-20)16-4-2-3-5-18(16)21(13)12-15-8-6-14(10-19)7-9-15/h2-9H,12H2,1H3. The highest BCUT2D eigenvalue weighted by atomic mass is 15.0. The number of nitrogens with zero attached hydrogens (tertiary/aromatic N) is 3. The van der Waals surface area contributed by atoms with Gasteiger partial charge in [0.1, 0.15) is 6.07 Å². The Morgan fingerprint density at radius 3 is 2.33 bits per heavy atom. The minimum atomic E-state index is 0.658. The van der Waals surface area contributed by atoms with Crippen molar-refractivity contribution in [2.45, 2.75) is 13.5 Å². The summed E-state index contributed by atoms with van der Waals surface area (Å²) in [6.07, 6.45) is 0. The molecule has 0 saturated carbocycles. The first-order valence-electron chi connectivity index (χ1n) is 6.71. The van der Waals surface area contributed by atoms with Gasteiger partial charge in [-0.2, -0.15) is 10.5 Å². The Labute approximate surface area is 123 Å². The van der Waals surface area contributed by atoms with Crippen molar-refractivity contribution >= 4 is 10.9 Å². The Morgan fingerprint density at radius 2 is 1.67 bits per heavy atom. The highest BCUT2D eigenvalue weighted by molar-refractivity contribution is 5.88. The van der Waals surface area contributed by atoms with Crippen LogP contribution in [0.25, 0.3) is 10.9 Å². The van der Waals surface area contributed by atoms with E-state index in [4.69, 9.17) is 5.26 Å². The molecular weight excluding hydrogens is 258 g/mol. The predicted molar refractivity (Wildman–Crippen MR) is 81.6 cm³/mol. The second kappa shape index (κ2) is 5.15. The highest BCUT2D eigenvalue weighted by Crippen LogP contribution is 2.26. The molecule has 1 aromatic heterocycles. The fraction of sp³-hybridized carbons (Fsp3) is 0.111. The second-order valence-electron chi connectivity index (χ2n) is 4.98. The quantitative estimate of drug-likeness (QED) is 0.713. The van der Waals surface area contributed by atoms with Gasteiger partial charge in [-0.1, -0.05) is 30.3 Å². The zero-order valence-corrected chi connectivity index (χ0v) is 11.7. The van der Waals surface area contributed by atoms with Crippen molar-refractivity contribution in [2.75, 3.05) is 0 Å². The lowest BCUT2D eigenvalue weighted by molar-refractivity contribution is 0.803. The molecule has 0 fully saturated rings. The topological polar surface area (TPSA) is 52.5 Å². The van der Waals surface area contributed by atoms with Crippen molar-refractivity contribution in [3.8, 4) is 12.1 Å². The van der Waals surface area contributed by atoms with Crippen molar-refractivity contribution in [2.24, 2.45) is 0 Å². The SMILES string of the molecule is Cc1c(C#N)c2ccccc2n1Cc1ccc(C#N)cc1. The maximum Gasteiger partial charge on any atom is 0.102 e. The van der Waals surface area contributed by atoms with Crippen LogP contribution in [-0.2, 0) is 6.54 Å². The van der Waals surface area contributed by atoms with Crippen molar-refractivity contribution in [3.05, 3.63) is 70.9 Å². The number of rotatable bonds is 2. The zero-order valence-electron chi connectivity index (χ0n) is 11.7. The van der Waals surface area contributed by atoms with Gasteiger partial charge >= 0.3 is 0 Å². The maximum absolute atomic E-state index is 9.36. The fourth-order valence-corrected chi connectivity index (χ4v) is 2.64. The Morgan fingerprint density at radius 1 is 0.952 bits per heavy atom. The van der Waals surface area contributed by atoms with E-state index in [0.717, 1.165) is 27.7 Å². The molecular formula is C18H13N3. The molecule has 2 aromatic carbocycles. The Kier molecular flexibility index (Phi) is 3.18. The van der Waals surface area contributed by atoms with Crippen molar-refractivity contribution in [1.82, 2.24) is 4.57 Å². The number of aromatic nitrogens is 1. The highest BCUT2D eigenvalue weighted by Gasteiger charge is 2.13. The number of benzene rings is 2. The number of para-hydroxylation sites is 1. The molecule has 3 aromatic rings. The molecule has 0 aliphatic heterocycles. The summed E-state index contributed by atoms with van der Waals surface area (Å²) in [5.41, 5.74) is 4.55. The van der Waals surface area contributed by atoms with E-state index in [-0.39, 0.29) is 0 Å². The molecule has 0 N–H and O–H groups in total. The summed E-state index contributed by atoms with van der Waals surface area (Å²) in [4.78, 5) is 0. The third-order valence-electron chi connectivity index (χ3n) is 3.77. The van der Waals surface area contributed by atoms with Crippen LogP contribution in [0.1, 0.15) is 22.4 Å². The van der Waals surface area contributed by atoms with Crippen LogP contribution in [0, 0.1) is 29.6 Å². The van der Waals surface area contributed by atoms with Gasteiger partial charge < -0.3 is 4.57 Å². The monoisotopic (exact) mass is 271 g/mol. The van der Waals surface area contributed by atoms with E-state index in [0.29, 0.717) is 12.1 Å². The minimum absolute atomic E-state index is 0.658. The summed E-state index contributed by atoms with van der Waals surface area (Å²) in [7, 11) is 0. The molecule has 0 radical (unpaired) electrons. The molecule has 0 aliphatic carbocycles. The van der Waals surface area contributed by atoms with E-state index in [2.05, 4.69) is 16.7 Å². The summed E-state index contributed by atoms with van der Waals surface area (Å²) in [6.45, 7) is 2.67. The van der Waals surface area contributed by atoms with Crippen LogP contribution in [0.4, 0.5) is 0 Å². The van der Waals surface area contributed by atoms with Gasteiger partial charge in [0, 0.05) is 23.1 Å². The largest absolute Gasteiger partial charge is 0.339 e. The maximum atomic E-state index is 9.36. The Balaban J connectivity index is 2.10. The summed E-state index contributed by atoms with van der Waals surface area (Å²) < 4.78 is 2.15. The van der Waals surface area contributed by atoms with Crippen LogP contribution >= 0.6 is 0 Å². The van der Waals surface area contributed by atoms with Gasteiger partial charge in [0.05, 0.1) is 17.2 Å². The molecule has 0 aliphatic rings. The van der Waals surface area contributed by atoms with Crippen LogP contribution in [0.15, 0.2) is 48.5 Å². The first-order valence-corrected chi connectivity index (χ1v) is 6.71. The van der Waals surface area contributed by atoms with Crippen LogP contribution in [0.2, 0.25) is 0 Å². The van der Waals surface area contributed by atoms with Crippen molar-refractivity contribution < 1.29 is 0 Å². The Bertz CT molecular complexity index is 887. The molecule has 100 valence electrons. The summed E-state index contributed by atoms with van der Waals surface area (Å²) in [5, 5.41) is 19.2. The van der Waals surface area contributed by atoms with E-state index < -0.39 is 0 Å². The summed E-state index contributed by atoms with van der Waals surface area (Å²) in [6, 6.07) is 19.9. The molecule has 3 rings (SSSR count). The van der Waals surface area contributed by atoms with Gasteiger partial charge in [-0.3, -0.25) is 0 Å². The number of hydrogen-bond acceptors (Lipinski definition) is 2. The molecule has 0 bridgehead atoms. The molecule has 0 atom stereocenters. The molecule has 21 heavy (non-hydrogen) atoms. The fourth-order valence-electron chi connectivity index (χ4n) is 2.64. The normalized spacial score (nSPS) is 10.2. The van der Waals surface area contributed by atoms with E-state index >= 15 is 0 Å². The molecule has 0 saturated heterocycles. The van der Waals surface area contributed by atoms with Crippen LogP contribution < -0.4 is 0 Å². The molecule has 0 spiro atoms. The van der Waals surface area contributed by atoms with E-state index in [1.165, 1.54) is 0 Å². The number of nitriles is 2. The average Bonchev–Trinajstić information content (AvgIpc) is 2.80. The Hall–Kier alpha value is -3.04. The van der Waals surface area contributed by atoms with Crippen LogP contribution in [-0.4, -0.2) is 4.57 Å². The van der Waals surface area contributed by atoms with E-state index in [1.54, 1.807) is 0 Å². The smallest absolute Gasteiger partial charge is 0.102 e. The van der Waals surface area contributed by atoms with Crippen molar-refractivity contribution in [1.29, 1.82) is 10.5 Å². The van der Waals surface area contributed by atoms with E-state index in [1.807, 2.05) is 55.5 Å². The first kappa shape index (κ1) is 13.0. The first-order chi connectivity index (χ1) is 10.2. The molecule has 0 unspecified atom stereocenters. The zero-order chi connectivity index (χ0) is 14.8. The lowest BCUT2D eigenvalue weighted by Crippen LogP contribution is -2.02. The lowest BCUT2D eigenvalue weighted by Gasteiger charge is -2.08. The van der Waals surface area contributed by atoms with E-state index in [9.17, 15) is 5.26 Å². The van der Waals surface area contributed by atoms with Crippen molar-refractivity contribution in [3.63, 3.8) is 0 Å². The molecule has 3 nitrogen and oxygen atoms in total. The van der Waals surface area contributed by atoms with Gasteiger partial charge in [0.2, 0.25) is 0 Å². The van der Waals surface area contributed by atoms with Gasteiger partial charge in [-0.15, -0.1) is 0 Å². The second-order valence-corrected chi connectivity index (χ2v) is 4.98. The lowest BCUT2D eigenvalue weighted by atomic mass is 10.1.